The highest BCUT2D eigenvalue weighted by Gasteiger charge is 2.20. The smallest absolute Gasteiger partial charge is 0.463 e. The maximum absolute atomic E-state index is 14.7. The maximum atomic E-state index is 14.7. The van der Waals surface area contributed by atoms with Gasteiger partial charge < -0.3 is 24.7 Å². The van der Waals surface area contributed by atoms with Gasteiger partial charge in [0.2, 0.25) is 5.88 Å². The topological polar surface area (TPSA) is 92.9 Å². The van der Waals surface area contributed by atoms with Gasteiger partial charge >= 0.3 is 6.16 Å². The van der Waals surface area contributed by atoms with E-state index in [4.69, 9.17) is 43.1 Å². The van der Waals surface area contributed by atoms with Crippen LogP contribution in [0.5, 0.6) is 11.6 Å². The quantitative estimate of drug-likeness (QED) is 0.610. The van der Waals surface area contributed by atoms with Crippen molar-refractivity contribution in [2.45, 2.75) is 0 Å². The first-order valence-electron chi connectivity index (χ1n) is 6.71. The molecule has 0 saturated carbocycles. The number of rotatable bonds is 5. The largest absolute Gasteiger partial charge is 0.514 e. The zero-order chi connectivity index (χ0) is 18.6. The number of nitrogen functional groups attached to an aromatic ring is 1. The summed E-state index contributed by atoms with van der Waals surface area (Å²) in [6, 6.07) is 4.10. The summed E-state index contributed by atoms with van der Waals surface area (Å²) in [6.07, 6.45) is -1.05. The Labute approximate surface area is 152 Å². The van der Waals surface area contributed by atoms with Crippen molar-refractivity contribution in [3.63, 3.8) is 0 Å². The van der Waals surface area contributed by atoms with E-state index in [1.165, 1.54) is 25.3 Å². The molecule has 1 aromatic heterocycles. The van der Waals surface area contributed by atoms with E-state index in [2.05, 4.69) is 9.72 Å². The second-order valence-electron chi connectivity index (χ2n) is 4.56. The van der Waals surface area contributed by atoms with E-state index in [1.54, 1.807) is 0 Å². The van der Waals surface area contributed by atoms with Gasteiger partial charge in [0.05, 0.1) is 23.5 Å². The molecular weight excluding hydrogens is 378 g/mol. The van der Waals surface area contributed by atoms with E-state index < -0.39 is 12.0 Å². The van der Waals surface area contributed by atoms with E-state index >= 15 is 0 Å². The van der Waals surface area contributed by atoms with Crippen LogP contribution in [0.2, 0.25) is 10.0 Å². The predicted octanol–water partition coefficient (Wildman–Crippen LogP) is 3.90. The van der Waals surface area contributed by atoms with Gasteiger partial charge in [0, 0.05) is 12.7 Å². The number of anilines is 1. The molecule has 25 heavy (non-hydrogen) atoms. The number of hydrogen-bond acceptors (Lipinski definition) is 7. The fourth-order valence-electron chi connectivity index (χ4n) is 1.83. The molecule has 2 aromatic rings. The van der Waals surface area contributed by atoms with E-state index in [9.17, 15) is 9.18 Å². The van der Waals surface area contributed by atoms with Gasteiger partial charge in [-0.2, -0.15) is 0 Å². The first kappa shape index (κ1) is 19.0. The summed E-state index contributed by atoms with van der Waals surface area (Å²) in [6.45, 7) is -0.201. The van der Waals surface area contributed by atoms with Gasteiger partial charge in [0.25, 0.3) is 0 Å². The van der Waals surface area contributed by atoms with Crippen LogP contribution in [0.3, 0.4) is 0 Å². The Hall–Kier alpha value is -2.29. The molecule has 7 nitrogen and oxygen atoms in total. The molecule has 134 valence electrons. The summed E-state index contributed by atoms with van der Waals surface area (Å²) in [4.78, 5) is 15.3. The summed E-state index contributed by atoms with van der Waals surface area (Å²) in [7, 11) is 2.50. The summed E-state index contributed by atoms with van der Waals surface area (Å²) in [5.74, 6) is -1.33. The molecule has 0 fully saturated rings. The van der Waals surface area contributed by atoms with E-state index in [-0.39, 0.29) is 45.4 Å². The second-order valence-corrected chi connectivity index (χ2v) is 5.35. The van der Waals surface area contributed by atoms with Crippen LogP contribution in [0.4, 0.5) is 14.9 Å². The highest BCUT2D eigenvalue weighted by Crippen LogP contribution is 2.38. The van der Waals surface area contributed by atoms with Gasteiger partial charge in [-0.3, -0.25) is 0 Å². The lowest BCUT2D eigenvalue weighted by molar-refractivity contribution is 0.0484. The molecule has 0 spiro atoms. The van der Waals surface area contributed by atoms with E-state index in [1.807, 2.05) is 0 Å². The van der Waals surface area contributed by atoms with Crippen molar-refractivity contribution in [3.05, 3.63) is 34.1 Å². The standard InChI is InChI=1S/C15H13Cl2FN2O5/c1-22-6-24-13-8(16)4-3-7(12(13)18)10-5-9(19)11(17)14(20-10)25-15(21)23-2/h3-5H,6H2,1-2H3,(H2,19,20). The van der Waals surface area contributed by atoms with Gasteiger partial charge in [0.1, 0.15) is 5.02 Å². The summed E-state index contributed by atoms with van der Waals surface area (Å²) < 4.78 is 33.8. The van der Waals surface area contributed by atoms with Crippen LogP contribution in [0.25, 0.3) is 11.3 Å². The first-order valence-corrected chi connectivity index (χ1v) is 7.46. The number of halogens is 3. The molecule has 0 saturated heterocycles. The molecule has 0 radical (unpaired) electrons. The van der Waals surface area contributed by atoms with E-state index in [0.717, 1.165) is 7.11 Å². The highest BCUT2D eigenvalue weighted by molar-refractivity contribution is 6.34. The first-order chi connectivity index (χ1) is 11.9. The SMILES string of the molecule is COCOc1c(Cl)ccc(-c2cc(N)c(Cl)c(OC(=O)OC)n2)c1F. The Balaban J connectivity index is 2.53. The average Bonchev–Trinajstić information content (AvgIpc) is 2.58. The van der Waals surface area contributed by atoms with Crippen LogP contribution < -0.4 is 15.2 Å². The van der Waals surface area contributed by atoms with E-state index in [0.29, 0.717) is 0 Å². The number of carbonyl (C=O) groups excluding carboxylic acids is 1. The lowest BCUT2D eigenvalue weighted by Crippen LogP contribution is -2.10. The van der Waals surface area contributed by atoms with Crippen LogP contribution in [0, 0.1) is 5.82 Å². The molecule has 0 aliphatic carbocycles. The number of ether oxygens (including phenoxy) is 4. The number of hydrogen-bond donors (Lipinski definition) is 1. The van der Waals surface area contributed by atoms with Crippen molar-refractivity contribution in [2.75, 3.05) is 26.7 Å². The molecular formula is C15H13Cl2FN2O5. The van der Waals surface area contributed by atoms with Gasteiger partial charge in [-0.05, 0) is 18.2 Å². The van der Waals surface area contributed by atoms with Gasteiger partial charge in [-0.1, -0.05) is 23.2 Å². The molecule has 1 heterocycles. The summed E-state index contributed by atoms with van der Waals surface area (Å²) in [5.41, 5.74) is 5.86. The van der Waals surface area contributed by atoms with Crippen LogP contribution in [0.1, 0.15) is 0 Å². The van der Waals surface area contributed by atoms with Crippen molar-refractivity contribution in [3.8, 4) is 22.9 Å². The number of carbonyl (C=O) groups is 1. The zero-order valence-electron chi connectivity index (χ0n) is 13.1. The number of methoxy groups -OCH3 is 2. The summed E-state index contributed by atoms with van der Waals surface area (Å²) >= 11 is 11.9. The Morgan fingerprint density at radius 1 is 1.32 bits per heavy atom. The molecule has 0 aliphatic heterocycles. The van der Waals surface area contributed by atoms with Crippen LogP contribution in [0.15, 0.2) is 18.2 Å². The Morgan fingerprint density at radius 2 is 2.04 bits per heavy atom. The number of nitrogens with zero attached hydrogens (tertiary/aromatic N) is 1. The fraction of sp³-hybridized carbons (Fsp3) is 0.200. The lowest BCUT2D eigenvalue weighted by atomic mass is 10.1. The monoisotopic (exact) mass is 390 g/mol. The zero-order valence-corrected chi connectivity index (χ0v) is 14.7. The third kappa shape index (κ3) is 4.22. The Bertz CT molecular complexity index is 804. The summed E-state index contributed by atoms with van der Waals surface area (Å²) in [5, 5.41) is -0.0642. The molecule has 0 amide bonds. The lowest BCUT2D eigenvalue weighted by Gasteiger charge is -2.13. The van der Waals surface area contributed by atoms with Crippen molar-refractivity contribution in [1.29, 1.82) is 0 Å². The average molecular weight is 391 g/mol. The van der Waals surface area contributed by atoms with Crippen molar-refractivity contribution in [2.24, 2.45) is 0 Å². The highest BCUT2D eigenvalue weighted by atomic mass is 35.5. The Kier molecular flexibility index (Phi) is 6.24. The molecule has 0 atom stereocenters. The Morgan fingerprint density at radius 3 is 2.68 bits per heavy atom. The third-order valence-corrected chi connectivity index (χ3v) is 3.63. The molecule has 10 heteroatoms. The minimum Gasteiger partial charge on any atom is -0.463 e. The minimum absolute atomic E-state index is 0.00795. The van der Waals surface area contributed by atoms with Gasteiger partial charge in [-0.25, -0.2) is 14.2 Å². The molecule has 2 rings (SSSR count). The normalized spacial score (nSPS) is 10.4. The van der Waals surface area contributed by atoms with Crippen molar-refractivity contribution >= 4 is 35.0 Å². The number of nitrogens with two attached hydrogens (primary N) is 1. The molecule has 1 aromatic carbocycles. The van der Waals surface area contributed by atoms with Gasteiger partial charge in [-0.15, -0.1) is 0 Å². The number of pyridine rings is 1. The maximum Gasteiger partial charge on any atom is 0.514 e. The van der Waals surface area contributed by atoms with Gasteiger partial charge in [0.15, 0.2) is 18.4 Å². The molecule has 0 bridgehead atoms. The van der Waals surface area contributed by atoms with Crippen LogP contribution in [-0.4, -0.2) is 32.2 Å². The molecule has 0 unspecified atom stereocenters. The van der Waals surface area contributed by atoms with Crippen LogP contribution >= 0.6 is 23.2 Å². The number of benzene rings is 1. The minimum atomic E-state index is -1.05. The predicted molar refractivity (Wildman–Crippen MR) is 89.6 cm³/mol. The number of aromatic nitrogens is 1. The van der Waals surface area contributed by atoms with Crippen molar-refractivity contribution in [1.82, 2.24) is 4.98 Å². The third-order valence-electron chi connectivity index (χ3n) is 2.95. The fourth-order valence-corrected chi connectivity index (χ4v) is 2.17. The molecule has 2 N–H and O–H groups in total. The molecule has 0 aliphatic rings. The van der Waals surface area contributed by atoms with Crippen molar-refractivity contribution < 1.29 is 28.1 Å². The van der Waals surface area contributed by atoms with Crippen LogP contribution in [-0.2, 0) is 9.47 Å². The second kappa shape index (κ2) is 8.19.